The van der Waals surface area contributed by atoms with E-state index in [1.807, 2.05) is 25.1 Å². The van der Waals surface area contributed by atoms with Gasteiger partial charge in [-0.1, -0.05) is 30.3 Å². The van der Waals surface area contributed by atoms with Crippen LogP contribution in [0, 0.1) is 6.92 Å². The summed E-state index contributed by atoms with van der Waals surface area (Å²) in [5, 5.41) is 2.93. The third-order valence-electron chi connectivity index (χ3n) is 6.89. The number of carbonyl (C=O) groups excluding carboxylic acids is 1. The highest BCUT2D eigenvalue weighted by Crippen LogP contribution is 2.38. The summed E-state index contributed by atoms with van der Waals surface area (Å²) in [5.41, 5.74) is 3.42. The summed E-state index contributed by atoms with van der Waals surface area (Å²) < 4.78 is 45.2. The number of fused-ring (bicyclic) bond motifs is 1. The maximum Gasteiger partial charge on any atom is 0.264 e. The molecule has 0 radical (unpaired) electrons. The predicted molar refractivity (Wildman–Crippen MR) is 148 cm³/mol. The molecule has 3 aromatic carbocycles. The molecule has 1 amide bonds. The number of ether oxygens (including phenoxy) is 3. The summed E-state index contributed by atoms with van der Waals surface area (Å²) in [6, 6.07) is 19.6. The molecule has 1 atom stereocenters. The summed E-state index contributed by atoms with van der Waals surface area (Å²) in [5.74, 6) is 0.518. The number of aryl methyl sites for hydroxylation is 1. The van der Waals surface area contributed by atoms with E-state index in [2.05, 4.69) is 22.3 Å². The Balaban J connectivity index is 1.31. The molecule has 206 valence electrons. The fraction of sp³-hybridized carbons (Fsp3) is 0.345. The van der Waals surface area contributed by atoms with E-state index in [1.54, 1.807) is 24.3 Å². The second kappa shape index (κ2) is 11.6. The van der Waals surface area contributed by atoms with E-state index in [0.29, 0.717) is 23.7 Å². The molecule has 3 aromatic rings. The van der Waals surface area contributed by atoms with Gasteiger partial charge in [0.15, 0.2) is 6.10 Å². The van der Waals surface area contributed by atoms with Gasteiger partial charge in [0.2, 0.25) is 0 Å². The Morgan fingerprint density at radius 3 is 2.51 bits per heavy atom. The normalized spacial score (nSPS) is 17.7. The molecule has 0 saturated carbocycles. The Kier molecular flexibility index (Phi) is 8.06. The molecule has 0 bridgehead atoms. The van der Waals surface area contributed by atoms with E-state index >= 15 is 0 Å². The van der Waals surface area contributed by atoms with Crippen molar-refractivity contribution in [3.63, 3.8) is 0 Å². The van der Waals surface area contributed by atoms with Crippen LogP contribution in [-0.2, 0) is 32.6 Å². The van der Waals surface area contributed by atoms with Gasteiger partial charge < -0.3 is 19.5 Å². The Labute approximate surface area is 229 Å². The number of hydrogen-bond acceptors (Lipinski definition) is 7. The highest BCUT2D eigenvalue weighted by molar-refractivity contribution is 7.92. The van der Waals surface area contributed by atoms with Crippen molar-refractivity contribution < 1.29 is 27.4 Å². The van der Waals surface area contributed by atoms with Gasteiger partial charge in [0.05, 0.1) is 37.5 Å². The van der Waals surface area contributed by atoms with Crippen LogP contribution in [0.15, 0.2) is 71.6 Å². The largest absolute Gasteiger partial charge is 0.497 e. The zero-order valence-electron chi connectivity index (χ0n) is 22.1. The Morgan fingerprint density at radius 1 is 1.03 bits per heavy atom. The van der Waals surface area contributed by atoms with Crippen LogP contribution in [0.25, 0.3) is 0 Å². The summed E-state index contributed by atoms with van der Waals surface area (Å²) in [7, 11) is -2.44. The van der Waals surface area contributed by atoms with Gasteiger partial charge in [-0.2, -0.15) is 0 Å². The van der Waals surface area contributed by atoms with Crippen molar-refractivity contribution in [1.82, 2.24) is 10.2 Å². The van der Waals surface area contributed by atoms with Gasteiger partial charge in [0, 0.05) is 26.2 Å². The van der Waals surface area contributed by atoms with Crippen LogP contribution in [0.4, 0.5) is 5.69 Å². The topological polar surface area (TPSA) is 97.4 Å². The SMILES string of the molecule is COc1ccc(S(=O)(=O)N2C[C@@H](C(=O)NCc3cccc(CN4CCOCC4)c3)Oc3ccc(C)cc32)cc1. The maximum absolute atomic E-state index is 13.7. The first-order valence-corrected chi connectivity index (χ1v) is 14.4. The minimum atomic E-state index is -3.97. The van der Waals surface area contributed by atoms with Gasteiger partial charge in [-0.3, -0.25) is 14.0 Å². The molecule has 5 rings (SSSR count). The zero-order valence-corrected chi connectivity index (χ0v) is 22.9. The molecule has 2 heterocycles. The van der Waals surface area contributed by atoms with Crippen molar-refractivity contribution in [2.75, 3.05) is 44.3 Å². The number of anilines is 1. The lowest BCUT2D eigenvalue weighted by Crippen LogP contribution is -2.50. The number of benzene rings is 3. The van der Waals surface area contributed by atoms with Crippen LogP contribution in [0.1, 0.15) is 16.7 Å². The van der Waals surface area contributed by atoms with Crippen molar-refractivity contribution >= 4 is 21.6 Å². The third-order valence-corrected chi connectivity index (χ3v) is 8.69. The van der Waals surface area contributed by atoms with Gasteiger partial charge in [-0.05, 0) is 60.0 Å². The molecule has 0 aliphatic carbocycles. The number of rotatable bonds is 8. The smallest absolute Gasteiger partial charge is 0.264 e. The molecule has 2 aliphatic rings. The van der Waals surface area contributed by atoms with Crippen LogP contribution < -0.4 is 19.1 Å². The highest BCUT2D eigenvalue weighted by atomic mass is 32.2. The lowest BCUT2D eigenvalue weighted by atomic mass is 10.1. The minimum absolute atomic E-state index is 0.105. The number of sulfonamides is 1. The lowest BCUT2D eigenvalue weighted by molar-refractivity contribution is -0.127. The maximum atomic E-state index is 13.7. The van der Waals surface area contributed by atoms with Crippen LogP contribution in [0.3, 0.4) is 0 Å². The third kappa shape index (κ3) is 6.19. The molecule has 39 heavy (non-hydrogen) atoms. The highest BCUT2D eigenvalue weighted by Gasteiger charge is 2.37. The van der Waals surface area contributed by atoms with Gasteiger partial charge in [-0.25, -0.2) is 8.42 Å². The van der Waals surface area contributed by atoms with Crippen molar-refractivity contribution in [2.45, 2.75) is 31.0 Å². The predicted octanol–water partition coefficient (Wildman–Crippen LogP) is 3.11. The van der Waals surface area contributed by atoms with E-state index in [1.165, 1.54) is 29.1 Å². The number of hydrogen-bond donors (Lipinski definition) is 1. The lowest BCUT2D eigenvalue weighted by Gasteiger charge is -2.35. The number of methoxy groups -OCH3 is 1. The summed E-state index contributed by atoms with van der Waals surface area (Å²) in [4.78, 5) is 15.7. The first kappa shape index (κ1) is 27.0. The Morgan fingerprint density at radius 2 is 1.77 bits per heavy atom. The molecule has 0 spiro atoms. The van der Waals surface area contributed by atoms with Crippen molar-refractivity contribution in [2.24, 2.45) is 0 Å². The molecule has 0 unspecified atom stereocenters. The molecule has 10 heteroatoms. The quantitative estimate of drug-likeness (QED) is 0.460. The van der Waals surface area contributed by atoms with Gasteiger partial charge in [0.25, 0.3) is 15.9 Å². The van der Waals surface area contributed by atoms with Crippen LogP contribution >= 0.6 is 0 Å². The van der Waals surface area contributed by atoms with Crippen molar-refractivity contribution in [3.05, 3.63) is 83.4 Å². The van der Waals surface area contributed by atoms with E-state index in [4.69, 9.17) is 14.2 Å². The Bertz CT molecular complexity index is 1420. The van der Waals surface area contributed by atoms with E-state index < -0.39 is 16.1 Å². The number of morpholine rings is 1. The molecular weight excluding hydrogens is 518 g/mol. The summed E-state index contributed by atoms with van der Waals surface area (Å²) in [6.07, 6.45) is -1.01. The molecule has 9 nitrogen and oxygen atoms in total. The van der Waals surface area contributed by atoms with Gasteiger partial charge in [-0.15, -0.1) is 0 Å². The zero-order chi connectivity index (χ0) is 27.4. The van der Waals surface area contributed by atoms with E-state index in [0.717, 1.165) is 44.0 Å². The first-order valence-electron chi connectivity index (χ1n) is 12.9. The standard InChI is InChI=1S/C29H33N3O6S/c1-21-6-11-27-26(16-21)32(39(34,35)25-9-7-24(36-2)8-10-25)20-28(38-27)29(33)30-18-22-4-3-5-23(17-22)19-31-12-14-37-15-13-31/h3-11,16-17,28H,12-15,18-20H2,1-2H3,(H,30,33)/t28-/m0/s1. The summed E-state index contributed by atoms with van der Waals surface area (Å²) >= 11 is 0. The van der Waals surface area contributed by atoms with E-state index in [-0.39, 0.29) is 17.3 Å². The average molecular weight is 552 g/mol. The molecule has 1 N–H and O–H groups in total. The molecule has 0 aromatic heterocycles. The molecule has 2 aliphatic heterocycles. The van der Waals surface area contributed by atoms with Crippen LogP contribution in [0.2, 0.25) is 0 Å². The number of carbonyl (C=O) groups is 1. The number of amides is 1. The first-order chi connectivity index (χ1) is 18.8. The number of nitrogens with one attached hydrogen (secondary N) is 1. The van der Waals surface area contributed by atoms with Crippen molar-refractivity contribution in [3.8, 4) is 11.5 Å². The molecule has 1 fully saturated rings. The van der Waals surface area contributed by atoms with Crippen LogP contribution in [0.5, 0.6) is 11.5 Å². The average Bonchev–Trinajstić information content (AvgIpc) is 2.96. The monoisotopic (exact) mass is 551 g/mol. The van der Waals surface area contributed by atoms with Crippen LogP contribution in [-0.4, -0.2) is 65.3 Å². The molecular formula is C29H33N3O6S. The number of nitrogens with zero attached hydrogens (tertiary/aromatic N) is 2. The van der Waals surface area contributed by atoms with E-state index in [9.17, 15) is 13.2 Å². The Hall–Kier alpha value is -3.60. The fourth-order valence-corrected chi connectivity index (χ4v) is 6.23. The minimum Gasteiger partial charge on any atom is -0.497 e. The fourth-order valence-electron chi connectivity index (χ4n) is 4.76. The second-order valence-electron chi connectivity index (χ2n) is 9.72. The summed E-state index contributed by atoms with van der Waals surface area (Å²) in [6.45, 7) is 6.15. The second-order valence-corrected chi connectivity index (χ2v) is 11.6. The molecule has 1 saturated heterocycles. The van der Waals surface area contributed by atoms with Gasteiger partial charge in [0.1, 0.15) is 11.5 Å². The van der Waals surface area contributed by atoms with Crippen molar-refractivity contribution in [1.29, 1.82) is 0 Å². The van der Waals surface area contributed by atoms with Gasteiger partial charge >= 0.3 is 0 Å².